The fraction of sp³-hybridized carbons (Fsp3) is 0.350. The Morgan fingerprint density at radius 3 is 2.79 bits per heavy atom. The van der Waals surface area contributed by atoms with Crippen molar-refractivity contribution >= 4 is 11.7 Å². The Bertz CT molecular complexity index is 742. The monoisotopic (exact) mass is 324 g/mol. The molecule has 1 aliphatic rings. The van der Waals surface area contributed by atoms with E-state index in [9.17, 15) is 4.79 Å². The van der Waals surface area contributed by atoms with Crippen LogP contribution in [-0.2, 0) is 6.42 Å². The van der Waals surface area contributed by atoms with E-state index in [4.69, 9.17) is 4.74 Å². The second-order valence-electron chi connectivity index (χ2n) is 6.38. The number of rotatable bonds is 4. The van der Waals surface area contributed by atoms with Crippen molar-refractivity contribution in [3.63, 3.8) is 0 Å². The molecule has 1 unspecified atom stereocenters. The van der Waals surface area contributed by atoms with E-state index in [1.165, 1.54) is 16.7 Å². The number of urea groups is 1. The van der Waals surface area contributed by atoms with Gasteiger partial charge in [-0.25, -0.2) is 4.79 Å². The number of nitrogens with one attached hydrogen (secondary N) is 1. The number of nitrogens with zero attached hydrogens (tertiary/aromatic N) is 1. The quantitative estimate of drug-likeness (QED) is 0.868. The molecule has 1 heterocycles. The van der Waals surface area contributed by atoms with E-state index in [0.29, 0.717) is 13.2 Å². The summed E-state index contributed by atoms with van der Waals surface area (Å²) in [6, 6.07) is 14.2. The highest BCUT2D eigenvalue weighted by atomic mass is 16.5. The zero-order valence-corrected chi connectivity index (χ0v) is 14.5. The predicted molar refractivity (Wildman–Crippen MR) is 96.9 cm³/mol. The zero-order valence-electron chi connectivity index (χ0n) is 14.5. The van der Waals surface area contributed by atoms with E-state index in [0.717, 1.165) is 17.9 Å². The first kappa shape index (κ1) is 16.4. The van der Waals surface area contributed by atoms with Crippen molar-refractivity contribution < 1.29 is 9.53 Å². The van der Waals surface area contributed by atoms with Crippen LogP contribution in [0.1, 0.15) is 23.6 Å². The minimum atomic E-state index is -0.0591. The molecule has 0 aromatic heterocycles. The lowest BCUT2D eigenvalue weighted by atomic mass is 10.1. The first-order valence-corrected chi connectivity index (χ1v) is 8.41. The van der Waals surface area contributed by atoms with Crippen LogP contribution in [0.2, 0.25) is 0 Å². The lowest BCUT2D eigenvalue weighted by molar-refractivity contribution is 0.240. The van der Waals surface area contributed by atoms with E-state index in [1.54, 1.807) is 0 Å². The van der Waals surface area contributed by atoms with E-state index >= 15 is 0 Å². The maximum atomic E-state index is 12.5. The van der Waals surface area contributed by atoms with Crippen molar-refractivity contribution in [2.24, 2.45) is 0 Å². The van der Waals surface area contributed by atoms with Gasteiger partial charge in [0.25, 0.3) is 0 Å². The van der Waals surface area contributed by atoms with E-state index < -0.39 is 0 Å². The minimum Gasteiger partial charge on any atom is -0.492 e. The van der Waals surface area contributed by atoms with Crippen molar-refractivity contribution in [3.8, 4) is 5.75 Å². The highest BCUT2D eigenvalue weighted by molar-refractivity contribution is 5.94. The normalized spacial score (nSPS) is 16.0. The summed E-state index contributed by atoms with van der Waals surface area (Å²) >= 11 is 0. The second kappa shape index (κ2) is 6.95. The van der Waals surface area contributed by atoms with Crippen molar-refractivity contribution in [2.75, 3.05) is 18.1 Å². The molecule has 3 rings (SSSR count). The number of ether oxygens (including phenoxy) is 1. The van der Waals surface area contributed by atoms with Gasteiger partial charge in [-0.05, 0) is 62.1 Å². The van der Waals surface area contributed by atoms with Crippen LogP contribution in [0.3, 0.4) is 0 Å². The van der Waals surface area contributed by atoms with Crippen molar-refractivity contribution in [3.05, 3.63) is 59.2 Å². The summed E-state index contributed by atoms with van der Waals surface area (Å²) in [5, 5.41) is 2.95. The Morgan fingerprint density at radius 2 is 2.00 bits per heavy atom. The molecule has 0 fully saturated rings. The molecule has 2 aromatic carbocycles. The molecule has 2 aromatic rings. The third-order valence-electron chi connectivity index (χ3n) is 4.55. The molecule has 126 valence electrons. The molecule has 0 spiro atoms. The smallest absolute Gasteiger partial charge is 0.322 e. The standard InChI is InChI=1S/C20H24N2O2/c1-14-8-9-18(12-15(14)2)24-11-10-21-20(23)22-16(3)13-17-6-4-5-7-19(17)22/h4-9,12,16H,10-11,13H2,1-3H3,(H,21,23). The van der Waals surface area contributed by atoms with Gasteiger partial charge in [0.2, 0.25) is 0 Å². The highest BCUT2D eigenvalue weighted by Crippen LogP contribution is 2.31. The van der Waals surface area contributed by atoms with E-state index in [-0.39, 0.29) is 12.1 Å². The molecule has 0 radical (unpaired) electrons. The van der Waals surface area contributed by atoms with Crippen molar-refractivity contribution in [1.82, 2.24) is 5.32 Å². The number of aryl methyl sites for hydroxylation is 2. The number of para-hydroxylation sites is 1. The van der Waals surface area contributed by atoms with Gasteiger partial charge in [0.1, 0.15) is 12.4 Å². The van der Waals surface area contributed by atoms with Gasteiger partial charge in [0.05, 0.1) is 6.54 Å². The minimum absolute atomic E-state index is 0.0591. The van der Waals surface area contributed by atoms with Crippen LogP contribution < -0.4 is 15.0 Å². The summed E-state index contributed by atoms with van der Waals surface area (Å²) < 4.78 is 5.72. The summed E-state index contributed by atoms with van der Waals surface area (Å²) in [6.45, 7) is 7.16. The maximum absolute atomic E-state index is 12.5. The maximum Gasteiger partial charge on any atom is 0.322 e. The van der Waals surface area contributed by atoms with Crippen LogP contribution >= 0.6 is 0 Å². The fourth-order valence-electron chi connectivity index (χ4n) is 3.09. The Balaban J connectivity index is 1.52. The molecule has 0 saturated heterocycles. The van der Waals surface area contributed by atoms with Gasteiger partial charge >= 0.3 is 6.03 Å². The summed E-state index contributed by atoms with van der Waals surface area (Å²) in [5.74, 6) is 0.840. The predicted octanol–water partition coefficient (Wildman–Crippen LogP) is 3.84. The molecular weight excluding hydrogens is 300 g/mol. The van der Waals surface area contributed by atoms with Gasteiger partial charge in [0, 0.05) is 11.7 Å². The van der Waals surface area contributed by atoms with Crippen LogP contribution in [-0.4, -0.2) is 25.2 Å². The van der Waals surface area contributed by atoms with Crippen molar-refractivity contribution in [2.45, 2.75) is 33.2 Å². The zero-order chi connectivity index (χ0) is 17.1. The number of hydrogen-bond donors (Lipinski definition) is 1. The Hall–Kier alpha value is -2.49. The SMILES string of the molecule is Cc1ccc(OCCNC(=O)N2c3ccccc3CC2C)cc1C. The van der Waals surface area contributed by atoms with E-state index in [2.05, 4.69) is 32.2 Å². The first-order valence-electron chi connectivity index (χ1n) is 8.41. The lowest BCUT2D eigenvalue weighted by Gasteiger charge is -2.23. The number of carbonyl (C=O) groups excluding carboxylic acids is 1. The number of carbonyl (C=O) groups is 1. The Labute approximate surface area is 143 Å². The second-order valence-corrected chi connectivity index (χ2v) is 6.38. The molecule has 0 saturated carbocycles. The summed E-state index contributed by atoms with van der Waals surface area (Å²) in [7, 11) is 0. The van der Waals surface area contributed by atoms with Gasteiger partial charge in [-0.3, -0.25) is 4.90 Å². The van der Waals surface area contributed by atoms with Crippen molar-refractivity contribution in [1.29, 1.82) is 0 Å². The molecule has 1 aliphatic heterocycles. The van der Waals surface area contributed by atoms with E-state index in [1.807, 2.05) is 41.3 Å². The largest absolute Gasteiger partial charge is 0.492 e. The molecule has 4 heteroatoms. The molecule has 2 amide bonds. The third-order valence-corrected chi connectivity index (χ3v) is 4.55. The Morgan fingerprint density at radius 1 is 1.21 bits per heavy atom. The van der Waals surface area contributed by atoms with Crippen LogP contribution in [0.4, 0.5) is 10.5 Å². The van der Waals surface area contributed by atoms with Gasteiger partial charge in [-0.15, -0.1) is 0 Å². The van der Waals surface area contributed by atoms with Gasteiger partial charge < -0.3 is 10.1 Å². The topological polar surface area (TPSA) is 41.6 Å². The first-order chi connectivity index (χ1) is 11.6. The Kier molecular flexibility index (Phi) is 4.74. The molecular formula is C20H24N2O2. The lowest BCUT2D eigenvalue weighted by Crippen LogP contribution is -2.44. The van der Waals surface area contributed by atoms with Gasteiger partial charge in [0.15, 0.2) is 0 Å². The van der Waals surface area contributed by atoms with Crippen LogP contribution in [0.15, 0.2) is 42.5 Å². The number of amides is 2. The van der Waals surface area contributed by atoms with Crippen LogP contribution in [0.25, 0.3) is 0 Å². The molecule has 0 aliphatic carbocycles. The molecule has 4 nitrogen and oxygen atoms in total. The van der Waals surface area contributed by atoms with Gasteiger partial charge in [-0.2, -0.15) is 0 Å². The summed E-state index contributed by atoms with van der Waals surface area (Å²) in [5.41, 5.74) is 4.69. The fourth-order valence-corrected chi connectivity index (χ4v) is 3.09. The van der Waals surface area contributed by atoms with Crippen LogP contribution in [0, 0.1) is 13.8 Å². The van der Waals surface area contributed by atoms with Crippen LogP contribution in [0.5, 0.6) is 5.75 Å². The third kappa shape index (κ3) is 3.37. The molecule has 1 atom stereocenters. The number of benzene rings is 2. The summed E-state index contributed by atoms with van der Waals surface area (Å²) in [6.07, 6.45) is 0.905. The molecule has 1 N–H and O–H groups in total. The number of anilines is 1. The average Bonchev–Trinajstić information content (AvgIpc) is 2.90. The average molecular weight is 324 g/mol. The highest BCUT2D eigenvalue weighted by Gasteiger charge is 2.30. The number of hydrogen-bond acceptors (Lipinski definition) is 2. The molecule has 0 bridgehead atoms. The number of fused-ring (bicyclic) bond motifs is 1. The molecule has 24 heavy (non-hydrogen) atoms. The van der Waals surface area contributed by atoms with Gasteiger partial charge in [-0.1, -0.05) is 24.3 Å². The summed E-state index contributed by atoms with van der Waals surface area (Å²) in [4.78, 5) is 14.3.